The van der Waals surface area contributed by atoms with Crippen molar-refractivity contribution >= 4 is 22.7 Å². The monoisotopic (exact) mass is 371 g/mol. The molecule has 2 saturated heterocycles. The number of nitrogens with zero attached hydrogens (tertiary/aromatic N) is 2. The van der Waals surface area contributed by atoms with Gasteiger partial charge in [0, 0.05) is 48.7 Å². The van der Waals surface area contributed by atoms with Gasteiger partial charge in [-0.15, -0.1) is 0 Å². The van der Waals surface area contributed by atoms with Crippen molar-refractivity contribution in [1.29, 1.82) is 0 Å². The average molecular weight is 371 g/mol. The molecule has 0 atom stereocenters. The van der Waals surface area contributed by atoms with Gasteiger partial charge in [0.2, 0.25) is 11.8 Å². The number of nitrogens with one attached hydrogen (secondary N) is 1. The van der Waals surface area contributed by atoms with Crippen LogP contribution in [0.2, 0.25) is 0 Å². The second-order valence-corrected chi connectivity index (χ2v) is 7.78. The molecule has 6 heteroatoms. The predicted octanol–water partition coefficient (Wildman–Crippen LogP) is 3.02. The van der Waals surface area contributed by atoms with Crippen molar-refractivity contribution < 1.29 is 14.0 Å². The molecule has 1 aromatic carbocycles. The standard InChI is InChI=1S/C21H26FN3O2/c1-14-17(18-12-16(22)4-5-19(18)23-14)13-20(26)24-10-6-15(7-11-24)21(27)25-8-2-3-9-25/h4-5,12,15,23H,2-3,6-11,13H2,1H3. The number of likely N-dealkylation sites (tertiary alicyclic amines) is 2. The van der Waals surface area contributed by atoms with Gasteiger partial charge in [0.1, 0.15) is 5.82 Å². The third-order valence-corrected chi connectivity index (χ3v) is 6.02. The lowest BCUT2D eigenvalue weighted by Crippen LogP contribution is -2.44. The number of benzene rings is 1. The molecular weight excluding hydrogens is 345 g/mol. The summed E-state index contributed by atoms with van der Waals surface area (Å²) >= 11 is 0. The number of carbonyl (C=O) groups is 2. The maximum absolute atomic E-state index is 13.6. The number of aromatic nitrogens is 1. The van der Waals surface area contributed by atoms with Gasteiger partial charge in [-0.1, -0.05) is 0 Å². The van der Waals surface area contributed by atoms with E-state index in [1.807, 2.05) is 16.7 Å². The predicted molar refractivity (Wildman–Crippen MR) is 102 cm³/mol. The van der Waals surface area contributed by atoms with Crippen molar-refractivity contribution in [3.63, 3.8) is 0 Å². The third-order valence-electron chi connectivity index (χ3n) is 6.02. The van der Waals surface area contributed by atoms with Crippen molar-refractivity contribution in [3.05, 3.63) is 35.3 Å². The Bertz CT molecular complexity index is 862. The highest BCUT2D eigenvalue weighted by molar-refractivity contribution is 5.90. The summed E-state index contributed by atoms with van der Waals surface area (Å²) in [5, 5.41) is 0.778. The number of amides is 2. The lowest BCUT2D eigenvalue weighted by atomic mass is 9.94. The number of aryl methyl sites for hydroxylation is 1. The molecule has 4 rings (SSSR count). The van der Waals surface area contributed by atoms with Crippen LogP contribution >= 0.6 is 0 Å². The van der Waals surface area contributed by atoms with Gasteiger partial charge in [0.15, 0.2) is 0 Å². The molecule has 2 fully saturated rings. The van der Waals surface area contributed by atoms with Crippen LogP contribution in [0.25, 0.3) is 10.9 Å². The first-order valence-corrected chi connectivity index (χ1v) is 9.86. The van der Waals surface area contributed by atoms with Gasteiger partial charge < -0.3 is 14.8 Å². The van der Waals surface area contributed by atoms with Crippen LogP contribution in [0.4, 0.5) is 4.39 Å². The number of hydrogen-bond acceptors (Lipinski definition) is 2. The quantitative estimate of drug-likeness (QED) is 0.902. The summed E-state index contributed by atoms with van der Waals surface area (Å²) in [5.41, 5.74) is 2.62. The Kier molecular flexibility index (Phi) is 4.89. The van der Waals surface area contributed by atoms with E-state index in [2.05, 4.69) is 4.98 Å². The fraction of sp³-hybridized carbons (Fsp3) is 0.524. The highest BCUT2D eigenvalue weighted by atomic mass is 19.1. The number of H-pyrrole nitrogens is 1. The maximum Gasteiger partial charge on any atom is 0.227 e. The number of halogens is 1. The summed E-state index contributed by atoms with van der Waals surface area (Å²) in [6, 6.07) is 4.62. The summed E-state index contributed by atoms with van der Waals surface area (Å²) in [7, 11) is 0. The fourth-order valence-electron chi connectivity index (χ4n) is 4.42. The van der Waals surface area contributed by atoms with Crippen LogP contribution in [0.15, 0.2) is 18.2 Å². The molecule has 0 radical (unpaired) electrons. The first kappa shape index (κ1) is 18.0. The van der Waals surface area contributed by atoms with E-state index < -0.39 is 0 Å². The van der Waals surface area contributed by atoms with Crippen molar-refractivity contribution in [3.8, 4) is 0 Å². The van der Waals surface area contributed by atoms with E-state index >= 15 is 0 Å². The molecule has 1 aromatic heterocycles. The summed E-state index contributed by atoms with van der Waals surface area (Å²) in [5.74, 6) is 0.0744. The van der Waals surface area contributed by atoms with E-state index in [9.17, 15) is 14.0 Å². The minimum Gasteiger partial charge on any atom is -0.358 e. The number of aromatic amines is 1. The molecular formula is C21H26FN3O2. The van der Waals surface area contributed by atoms with Gasteiger partial charge in [-0.05, 0) is 56.4 Å². The molecule has 5 nitrogen and oxygen atoms in total. The summed E-state index contributed by atoms with van der Waals surface area (Å²) in [4.78, 5) is 32.4. The van der Waals surface area contributed by atoms with Gasteiger partial charge in [0.05, 0.1) is 6.42 Å². The van der Waals surface area contributed by atoms with E-state index in [1.165, 1.54) is 12.1 Å². The molecule has 2 aliphatic rings. The third kappa shape index (κ3) is 3.57. The van der Waals surface area contributed by atoms with Crippen molar-refractivity contribution in [2.24, 2.45) is 5.92 Å². The molecule has 2 aliphatic heterocycles. The number of rotatable bonds is 3. The zero-order chi connectivity index (χ0) is 19.0. The zero-order valence-corrected chi connectivity index (χ0v) is 15.8. The van der Waals surface area contributed by atoms with Crippen LogP contribution in [0, 0.1) is 18.7 Å². The van der Waals surface area contributed by atoms with Crippen LogP contribution in [0.5, 0.6) is 0 Å². The molecule has 0 unspecified atom stereocenters. The van der Waals surface area contributed by atoms with Gasteiger partial charge in [-0.2, -0.15) is 0 Å². The molecule has 0 bridgehead atoms. The molecule has 144 valence electrons. The Labute approximate surface area is 158 Å². The van der Waals surface area contributed by atoms with Crippen molar-refractivity contribution in [2.75, 3.05) is 26.2 Å². The maximum atomic E-state index is 13.6. The number of fused-ring (bicyclic) bond motifs is 1. The highest BCUT2D eigenvalue weighted by Gasteiger charge is 2.31. The van der Waals surface area contributed by atoms with Gasteiger partial charge in [-0.25, -0.2) is 4.39 Å². The minimum absolute atomic E-state index is 0.0512. The molecule has 27 heavy (non-hydrogen) atoms. The summed E-state index contributed by atoms with van der Waals surface area (Å²) in [6.07, 6.45) is 3.95. The lowest BCUT2D eigenvalue weighted by Gasteiger charge is -2.33. The molecule has 2 amide bonds. The fourth-order valence-corrected chi connectivity index (χ4v) is 4.42. The first-order chi connectivity index (χ1) is 13.0. The molecule has 0 saturated carbocycles. The van der Waals surface area contributed by atoms with Crippen molar-refractivity contribution in [2.45, 2.75) is 39.0 Å². The summed E-state index contributed by atoms with van der Waals surface area (Å²) in [6.45, 7) is 4.93. The van der Waals surface area contributed by atoms with Crippen LogP contribution < -0.4 is 0 Å². The van der Waals surface area contributed by atoms with Gasteiger partial charge in [0.25, 0.3) is 0 Å². The van der Waals surface area contributed by atoms with Gasteiger partial charge in [-0.3, -0.25) is 9.59 Å². The van der Waals surface area contributed by atoms with E-state index in [1.54, 1.807) is 6.07 Å². The Morgan fingerprint density at radius 2 is 1.81 bits per heavy atom. The largest absolute Gasteiger partial charge is 0.358 e. The van der Waals surface area contributed by atoms with Crippen LogP contribution in [-0.2, 0) is 16.0 Å². The van der Waals surface area contributed by atoms with Crippen LogP contribution in [0.3, 0.4) is 0 Å². The molecule has 0 aliphatic carbocycles. The second kappa shape index (κ2) is 7.33. The molecule has 1 N–H and O–H groups in total. The van der Waals surface area contributed by atoms with Crippen LogP contribution in [0.1, 0.15) is 36.9 Å². The van der Waals surface area contributed by atoms with E-state index in [4.69, 9.17) is 0 Å². The number of piperidine rings is 1. The van der Waals surface area contributed by atoms with Gasteiger partial charge >= 0.3 is 0 Å². The highest BCUT2D eigenvalue weighted by Crippen LogP contribution is 2.26. The van der Waals surface area contributed by atoms with E-state index in [-0.39, 0.29) is 30.0 Å². The normalized spacial score (nSPS) is 18.4. The Morgan fingerprint density at radius 3 is 2.52 bits per heavy atom. The first-order valence-electron chi connectivity index (χ1n) is 9.86. The Balaban J connectivity index is 1.39. The zero-order valence-electron chi connectivity index (χ0n) is 15.8. The molecule has 0 spiro atoms. The summed E-state index contributed by atoms with van der Waals surface area (Å²) < 4.78 is 13.6. The lowest BCUT2D eigenvalue weighted by molar-refractivity contribution is -0.139. The average Bonchev–Trinajstić information content (AvgIpc) is 3.30. The second-order valence-electron chi connectivity index (χ2n) is 7.78. The topological polar surface area (TPSA) is 56.4 Å². The molecule has 3 heterocycles. The smallest absolute Gasteiger partial charge is 0.227 e. The number of carbonyl (C=O) groups excluding carboxylic acids is 2. The van der Waals surface area contributed by atoms with E-state index in [0.717, 1.165) is 60.9 Å². The Hall–Kier alpha value is -2.37. The Morgan fingerprint density at radius 1 is 1.11 bits per heavy atom. The van der Waals surface area contributed by atoms with Crippen molar-refractivity contribution in [1.82, 2.24) is 14.8 Å². The van der Waals surface area contributed by atoms with Crippen LogP contribution in [-0.4, -0.2) is 52.8 Å². The number of hydrogen-bond donors (Lipinski definition) is 1. The molecule has 2 aromatic rings. The SMILES string of the molecule is Cc1[nH]c2ccc(F)cc2c1CC(=O)N1CCC(C(=O)N2CCCC2)CC1. The minimum atomic E-state index is -0.295. The van der Waals surface area contributed by atoms with E-state index in [0.29, 0.717) is 13.1 Å².